The van der Waals surface area contributed by atoms with Crippen molar-refractivity contribution in [1.29, 1.82) is 0 Å². The number of carbonyl (C=O) groups excluding carboxylic acids is 1. The maximum absolute atomic E-state index is 11.1. The maximum Gasteiger partial charge on any atom is 0.220 e. The number of nitrogens with zero attached hydrogens (tertiary/aromatic N) is 1. The monoisotopic (exact) mass is 176 g/mol. The summed E-state index contributed by atoms with van der Waals surface area (Å²) in [5, 5.41) is 2.84. The molecule has 0 saturated carbocycles. The van der Waals surface area contributed by atoms with Crippen LogP contribution < -0.4 is 5.32 Å². The summed E-state index contributed by atoms with van der Waals surface area (Å²) in [4.78, 5) is 15.2. The van der Waals surface area contributed by atoms with Crippen molar-refractivity contribution in [2.24, 2.45) is 0 Å². The molecule has 13 heavy (non-hydrogen) atoms. The molecular formula is C10H12N2O. The van der Waals surface area contributed by atoms with Crippen LogP contribution in [0.3, 0.4) is 0 Å². The Labute approximate surface area is 77.2 Å². The Hall–Kier alpha value is -1.38. The van der Waals surface area contributed by atoms with E-state index >= 15 is 0 Å². The predicted octanol–water partition coefficient (Wildman–Crippen LogP) is 0.859. The minimum Gasteiger partial charge on any atom is -0.355 e. The van der Waals surface area contributed by atoms with E-state index in [1.807, 2.05) is 18.3 Å². The maximum atomic E-state index is 11.1. The second kappa shape index (κ2) is 2.83. The molecule has 68 valence electrons. The number of nitrogens with one attached hydrogen (secondary N) is 1. The van der Waals surface area contributed by atoms with Crippen LogP contribution in [0, 0.1) is 0 Å². The van der Waals surface area contributed by atoms with E-state index in [2.05, 4.69) is 17.2 Å². The van der Waals surface area contributed by atoms with Crippen molar-refractivity contribution < 1.29 is 4.79 Å². The van der Waals surface area contributed by atoms with Gasteiger partial charge in [0.25, 0.3) is 0 Å². The van der Waals surface area contributed by atoms with E-state index in [0.29, 0.717) is 6.42 Å². The lowest BCUT2D eigenvalue weighted by Crippen LogP contribution is -2.24. The topological polar surface area (TPSA) is 42.0 Å². The molecule has 0 spiro atoms. The third-order valence-corrected chi connectivity index (χ3v) is 2.58. The molecule has 1 aromatic rings. The molecule has 1 unspecified atom stereocenters. The van der Waals surface area contributed by atoms with Crippen LogP contribution in [0.2, 0.25) is 0 Å². The lowest BCUT2D eigenvalue weighted by Gasteiger charge is -2.20. The van der Waals surface area contributed by atoms with Crippen LogP contribution in [0.4, 0.5) is 0 Å². The molecule has 1 N–H and O–H groups in total. The molecule has 1 saturated heterocycles. The van der Waals surface area contributed by atoms with E-state index in [1.165, 1.54) is 0 Å². The first-order chi connectivity index (χ1) is 6.21. The van der Waals surface area contributed by atoms with Crippen LogP contribution >= 0.6 is 0 Å². The molecule has 3 nitrogen and oxygen atoms in total. The van der Waals surface area contributed by atoms with E-state index in [9.17, 15) is 4.79 Å². The Kier molecular flexibility index (Phi) is 1.79. The summed E-state index contributed by atoms with van der Waals surface area (Å²) in [6.45, 7) is 2.80. The molecule has 1 aliphatic heterocycles. The molecule has 1 fully saturated rings. The first-order valence-electron chi connectivity index (χ1n) is 4.38. The Bertz CT molecular complexity index is 323. The highest BCUT2D eigenvalue weighted by atomic mass is 16.1. The summed E-state index contributed by atoms with van der Waals surface area (Å²) in [5.41, 5.74) is 1.07. The van der Waals surface area contributed by atoms with Gasteiger partial charge in [-0.2, -0.15) is 0 Å². The normalized spacial score (nSPS) is 27.3. The highest BCUT2D eigenvalue weighted by Crippen LogP contribution is 2.29. The highest BCUT2D eigenvalue weighted by molar-refractivity contribution is 5.80. The lowest BCUT2D eigenvalue weighted by molar-refractivity contribution is -0.119. The Morgan fingerprint density at radius 3 is 3.00 bits per heavy atom. The fourth-order valence-corrected chi connectivity index (χ4v) is 1.70. The molecule has 1 atom stereocenters. The van der Waals surface area contributed by atoms with Gasteiger partial charge in [-0.1, -0.05) is 13.0 Å². The Morgan fingerprint density at radius 1 is 1.62 bits per heavy atom. The molecule has 1 aromatic heterocycles. The Balaban J connectivity index is 2.31. The van der Waals surface area contributed by atoms with Crippen molar-refractivity contribution in [3.8, 4) is 0 Å². The van der Waals surface area contributed by atoms with Crippen molar-refractivity contribution in [2.75, 3.05) is 6.54 Å². The summed E-state index contributed by atoms with van der Waals surface area (Å²) in [6, 6.07) is 3.93. The standard InChI is InChI=1S/C10H12N2O/c1-10(5-9(13)12-7-10)8-3-2-4-11-6-8/h2-4,6H,5,7H2,1H3,(H,12,13). The van der Waals surface area contributed by atoms with Crippen LogP contribution in [0.1, 0.15) is 18.9 Å². The first-order valence-corrected chi connectivity index (χ1v) is 4.38. The highest BCUT2D eigenvalue weighted by Gasteiger charge is 2.35. The first kappa shape index (κ1) is 8.23. The van der Waals surface area contributed by atoms with Gasteiger partial charge in [0.05, 0.1) is 0 Å². The van der Waals surface area contributed by atoms with E-state index in [0.717, 1.165) is 12.1 Å². The van der Waals surface area contributed by atoms with Crippen molar-refractivity contribution in [3.63, 3.8) is 0 Å². The van der Waals surface area contributed by atoms with Gasteiger partial charge < -0.3 is 5.32 Å². The largest absolute Gasteiger partial charge is 0.355 e. The molecule has 2 rings (SSSR count). The zero-order valence-electron chi connectivity index (χ0n) is 7.58. The summed E-state index contributed by atoms with van der Waals surface area (Å²) in [6.07, 6.45) is 4.15. The molecule has 0 radical (unpaired) electrons. The van der Waals surface area contributed by atoms with Gasteiger partial charge in [0.2, 0.25) is 5.91 Å². The zero-order valence-corrected chi connectivity index (χ0v) is 7.58. The lowest BCUT2D eigenvalue weighted by atomic mass is 9.83. The van der Waals surface area contributed by atoms with Gasteiger partial charge >= 0.3 is 0 Å². The number of hydrogen-bond donors (Lipinski definition) is 1. The molecule has 0 aliphatic carbocycles. The number of pyridine rings is 1. The summed E-state index contributed by atoms with van der Waals surface area (Å²) >= 11 is 0. The van der Waals surface area contributed by atoms with Crippen molar-refractivity contribution >= 4 is 5.91 Å². The quantitative estimate of drug-likeness (QED) is 0.689. The number of carbonyl (C=O) groups is 1. The molecular weight excluding hydrogens is 164 g/mol. The van der Waals surface area contributed by atoms with Gasteiger partial charge in [-0.3, -0.25) is 9.78 Å². The predicted molar refractivity (Wildman–Crippen MR) is 49.2 cm³/mol. The molecule has 1 aliphatic rings. The number of amides is 1. The average Bonchev–Trinajstić information content (AvgIpc) is 2.49. The van der Waals surface area contributed by atoms with E-state index in [4.69, 9.17) is 0 Å². The van der Waals surface area contributed by atoms with Crippen LogP contribution in [-0.4, -0.2) is 17.4 Å². The van der Waals surface area contributed by atoms with Crippen molar-refractivity contribution in [3.05, 3.63) is 30.1 Å². The van der Waals surface area contributed by atoms with Crippen molar-refractivity contribution in [1.82, 2.24) is 10.3 Å². The van der Waals surface area contributed by atoms with Crippen LogP contribution in [0.15, 0.2) is 24.5 Å². The number of hydrogen-bond acceptors (Lipinski definition) is 2. The van der Waals surface area contributed by atoms with E-state index < -0.39 is 0 Å². The van der Waals surface area contributed by atoms with Gasteiger partial charge in [0, 0.05) is 30.8 Å². The van der Waals surface area contributed by atoms with Gasteiger partial charge in [-0.05, 0) is 11.6 Å². The van der Waals surface area contributed by atoms with Crippen molar-refractivity contribution in [2.45, 2.75) is 18.8 Å². The second-order valence-corrected chi connectivity index (χ2v) is 3.76. The van der Waals surface area contributed by atoms with E-state index in [1.54, 1.807) is 6.20 Å². The minimum absolute atomic E-state index is 0.0641. The van der Waals surface area contributed by atoms with Gasteiger partial charge in [-0.15, -0.1) is 0 Å². The van der Waals surface area contributed by atoms with Gasteiger partial charge in [0.1, 0.15) is 0 Å². The smallest absolute Gasteiger partial charge is 0.220 e. The zero-order chi connectivity index (χ0) is 9.31. The molecule has 2 heterocycles. The fourth-order valence-electron chi connectivity index (χ4n) is 1.70. The van der Waals surface area contributed by atoms with Crippen LogP contribution in [0.5, 0.6) is 0 Å². The third-order valence-electron chi connectivity index (χ3n) is 2.58. The van der Waals surface area contributed by atoms with Gasteiger partial charge in [0.15, 0.2) is 0 Å². The Morgan fingerprint density at radius 2 is 2.46 bits per heavy atom. The molecule has 3 heteroatoms. The van der Waals surface area contributed by atoms with E-state index in [-0.39, 0.29) is 11.3 Å². The summed E-state index contributed by atoms with van der Waals surface area (Å²) in [5.74, 6) is 0.131. The molecule has 1 amide bonds. The molecule has 0 aromatic carbocycles. The second-order valence-electron chi connectivity index (χ2n) is 3.76. The summed E-state index contributed by atoms with van der Waals surface area (Å²) < 4.78 is 0. The number of aromatic nitrogens is 1. The van der Waals surface area contributed by atoms with Crippen LogP contribution in [0.25, 0.3) is 0 Å². The fraction of sp³-hybridized carbons (Fsp3) is 0.400. The minimum atomic E-state index is -0.0641. The SMILES string of the molecule is CC1(c2cccnc2)CNC(=O)C1. The number of rotatable bonds is 1. The average molecular weight is 176 g/mol. The van der Waals surface area contributed by atoms with Gasteiger partial charge in [-0.25, -0.2) is 0 Å². The third kappa shape index (κ3) is 1.41. The summed E-state index contributed by atoms with van der Waals surface area (Å²) in [7, 11) is 0. The molecule has 0 bridgehead atoms. The van der Waals surface area contributed by atoms with Crippen LogP contribution in [-0.2, 0) is 10.2 Å².